The molecule has 0 aromatic carbocycles. The van der Waals surface area contributed by atoms with Crippen LogP contribution >= 0.6 is 0 Å². The lowest BCUT2D eigenvalue weighted by Gasteiger charge is -2.22. The second kappa shape index (κ2) is 7.29. The molecule has 0 heterocycles. The van der Waals surface area contributed by atoms with E-state index in [0.717, 1.165) is 32.1 Å². The minimum Gasteiger partial charge on any atom is -0.381 e. The van der Waals surface area contributed by atoms with Crippen LogP contribution in [0.4, 0.5) is 0 Å². The van der Waals surface area contributed by atoms with E-state index in [9.17, 15) is 0 Å². The van der Waals surface area contributed by atoms with Crippen molar-refractivity contribution < 1.29 is 4.74 Å². The monoisotopic (exact) mass is 227 g/mol. The predicted octanol–water partition coefficient (Wildman–Crippen LogP) is 3.36. The van der Waals surface area contributed by atoms with Gasteiger partial charge in [0.25, 0.3) is 0 Å². The van der Waals surface area contributed by atoms with Gasteiger partial charge < -0.3 is 10.1 Å². The molecule has 1 saturated carbocycles. The summed E-state index contributed by atoms with van der Waals surface area (Å²) in [5, 5.41) is 3.48. The molecule has 0 saturated heterocycles. The maximum atomic E-state index is 5.75. The maximum absolute atomic E-state index is 5.75. The van der Waals surface area contributed by atoms with Crippen LogP contribution < -0.4 is 5.32 Å². The van der Waals surface area contributed by atoms with Crippen LogP contribution in [0.25, 0.3) is 0 Å². The van der Waals surface area contributed by atoms with Crippen LogP contribution in [-0.2, 0) is 4.74 Å². The van der Waals surface area contributed by atoms with Crippen LogP contribution in [0.2, 0.25) is 0 Å². The zero-order valence-corrected chi connectivity index (χ0v) is 11.3. The molecule has 1 N–H and O–H groups in total. The fourth-order valence-corrected chi connectivity index (χ4v) is 2.24. The van der Waals surface area contributed by atoms with Crippen LogP contribution in [0.5, 0.6) is 0 Å². The second-order valence-electron chi connectivity index (χ2n) is 6.11. The van der Waals surface area contributed by atoms with E-state index >= 15 is 0 Å². The van der Waals surface area contributed by atoms with Gasteiger partial charge in [-0.1, -0.05) is 19.3 Å². The molecule has 2 nitrogen and oxygen atoms in total. The number of ether oxygens (including phenoxy) is 1. The largest absolute Gasteiger partial charge is 0.381 e. The molecule has 1 rings (SSSR count). The molecule has 1 aliphatic rings. The molecule has 0 bridgehead atoms. The van der Waals surface area contributed by atoms with Crippen molar-refractivity contribution in [2.75, 3.05) is 19.8 Å². The lowest BCUT2D eigenvalue weighted by molar-refractivity contribution is 0.0829. The second-order valence-corrected chi connectivity index (χ2v) is 6.11. The highest BCUT2D eigenvalue weighted by atomic mass is 16.5. The topological polar surface area (TPSA) is 21.3 Å². The first-order valence-electron chi connectivity index (χ1n) is 6.91. The van der Waals surface area contributed by atoms with Gasteiger partial charge in [-0.2, -0.15) is 0 Å². The third-order valence-corrected chi connectivity index (χ3v) is 3.20. The van der Waals surface area contributed by atoms with Gasteiger partial charge in [-0.25, -0.2) is 0 Å². The van der Waals surface area contributed by atoms with Gasteiger partial charge in [0, 0.05) is 18.8 Å². The molecule has 0 aromatic rings. The molecule has 0 aromatic heterocycles. The van der Waals surface area contributed by atoms with Gasteiger partial charge in [0.2, 0.25) is 0 Å². The third-order valence-electron chi connectivity index (χ3n) is 3.20. The number of hydrogen-bond acceptors (Lipinski definition) is 2. The van der Waals surface area contributed by atoms with Gasteiger partial charge in [0.05, 0.1) is 0 Å². The van der Waals surface area contributed by atoms with E-state index in [4.69, 9.17) is 4.74 Å². The molecule has 1 aliphatic carbocycles. The fraction of sp³-hybridized carbons (Fsp3) is 1.00. The standard InChI is InChI=1S/C14H29NO/c1-14(2,3)15-10-7-11-16-12-13-8-5-4-6-9-13/h13,15H,4-12H2,1-3H3. The first-order chi connectivity index (χ1) is 7.58. The lowest BCUT2D eigenvalue weighted by Crippen LogP contribution is -2.36. The average Bonchev–Trinajstić information content (AvgIpc) is 2.23. The Morgan fingerprint density at radius 3 is 2.44 bits per heavy atom. The normalized spacial score (nSPS) is 18.9. The van der Waals surface area contributed by atoms with E-state index < -0.39 is 0 Å². The van der Waals surface area contributed by atoms with E-state index in [1.165, 1.54) is 32.1 Å². The number of hydrogen-bond donors (Lipinski definition) is 1. The molecule has 1 fully saturated rings. The van der Waals surface area contributed by atoms with Gasteiger partial charge >= 0.3 is 0 Å². The van der Waals surface area contributed by atoms with Crippen molar-refractivity contribution in [2.24, 2.45) is 5.92 Å². The van der Waals surface area contributed by atoms with Crippen molar-refractivity contribution in [1.29, 1.82) is 0 Å². The molecule has 16 heavy (non-hydrogen) atoms. The van der Waals surface area contributed by atoms with Crippen molar-refractivity contribution >= 4 is 0 Å². The summed E-state index contributed by atoms with van der Waals surface area (Å²) in [4.78, 5) is 0. The van der Waals surface area contributed by atoms with Gasteiger partial charge in [-0.3, -0.25) is 0 Å². The summed E-state index contributed by atoms with van der Waals surface area (Å²) in [7, 11) is 0. The summed E-state index contributed by atoms with van der Waals surface area (Å²) < 4.78 is 5.75. The lowest BCUT2D eigenvalue weighted by atomic mass is 9.90. The maximum Gasteiger partial charge on any atom is 0.0494 e. The molecule has 0 amide bonds. The Labute approximate surface area is 101 Å². The fourth-order valence-electron chi connectivity index (χ4n) is 2.24. The molecule has 0 atom stereocenters. The molecule has 0 spiro atoms. The van der Waals surface area contributed by atoms with E-state index in [-0.39, 0.29) is 5.54 Å². The van der Waals surface area contributed by atoms with Crippen molar-refractivity contribution in [3.05, 3.63) is 0 Å². The smallest absolute Gasteiger partial charge is 0.0494 e. The molecule has 0 unspecified atom stereocenters. The third kappa shape index (κ3) is 7.24. The van der Waals surface area contributed by atoms with Crippen LogP contribution in [-0.4, -0.2) is 25.3 Å². The summed E-state index contributed by atoms with van der Waals surface area (Å²) >= 11 is 0. The van der Waals surface area contributed by atoms with Gasteiger partial charge in [0.1, 0.15) is 0 Å². The summed E-state index contributed by atoms with van der Waals surface area (Å²) in [6.07, 6.45) is 8.18. The summed E-state index contributed by atoms with van der Waals surface area (Å²) in [5.41, 5.74) is 0.239. The molecular formula is C14H29NO. The first kappa shape index (κ1) is 14.0. The zero-order chi connectivity index (χ0) is 11.9. The molecule has 0 aliphatic heterocycles. The van der Waals surface area contributed by atoms with Crippen molar-refractivity contribution in [2.45, 2.75) is 64.8 Å². The highest BCUT2D eigenvalue weighted by molar-refractivity contribution is 4.69. The van der Waals surface area contributed by atoms with Gasteiger partial charge in [0.15, 0.2) is 0 Å². The quantitative estimate of drug-likeness (QED) is 0.703. The minimum atomic E-state index is 0.239. The summed E-state index contributed by atoms with van der Waals surface area (Å²) in [5.74, 6) is 0.851. The van der Waals surface area contributed by atoms with Crippen molar-refractivity contribution in [1.82, 2.24) is 5.32 Å². The van der Waals surface area contributed by atoms with Gasteiger partial charge in [-0.05, 0) is 52.5 Å². The van der Waals surface area contributed by atoms with E-state index in [1.54, 1.807) is 0 Å². The minimum absolute atomic E-state index is 0.239. The van der Waals surface area contributed by atoms with E-state index in [1.807, 2.05) is 0 Å². The van der Waals surface area contributed by atoms with Crippen LogP contribution in [0.15, 0.2) is 0 Å². The molecular weight excluding hydrogens is 198 g/mol. The van der Waals surface area contributed by atoms with E-state index in [0.29, 0.717) is 0 Å². The first-order valence-corrected chi connectivity index (χ1v) is 6.91. The van der Waals surface area contributed by atoms with Crippen molar-refractivity contribution in [3.63, 3.8) is 0 Å². The average molecular weight is 227 g/mol. The van der Waals surface area contributed by atoms with Crippen molar-refractivity contribution in [3.8, 4) is 0 Å². The Morgan fingerprint density at radius 2 is 1.81 bits per heavy atom. The van der Waals surface area contributed by atoms with Crippen LogP contribution in [0.3, 0.4) is 0 Å². The number of rotatable bonds is 6. The number of nitrogens with one attached hydrogen (secondary N) is 1. The Balaban J connectivity index is 1.87. The zero-order valence-electron chi connectivity index (χ0n) is 11.3. The van der Waals surface area contributed by atoms with Crippen LogP contribution in [0.1, 0.15) is 59.3 Å². The SMILES string of the molecule is CC(C)(C)NCCCOCC1CCCCC1. The highest BCUT2D eigenvalue weighted by Gasteiger charge is 2.13. The molecule has 2 heteroatoms. The molecule has 96 valence electrons. The Hall–Kier alpha value is -0.0800. The van der Waals surface area contributed by atoms with Crippen LogP contribution in [0, 0.1) is 5.92 Å². The highest BCUT2D eigenvalue weighted by Crippen LogP contribution is 2.23. The molecule has 0 radical (unpaired) electrons. The predicted molar refractivity (Wildman–Crippen MR) is 69.8 cm³/mol. The summed E-state index contributed by atoms with van der Waals surface area (Å²) in [6, 6.07) is 0. The Bertz CT molecular complexity index is 168. The van der Waals surface area contributed by atoms with E-state index in [2.05, 4.69) is 26.1 Å². The Morgan fingerprint density at radius 1 is 1.12 bits per heavy atom. The Kier molecular flexibility index (Phi) is 6.37. The van der Waals surface area contributed by atoms with Gasteiger partial charge in [-0.15, -0.1) is 0 Å². The summed E-state index contributed by atoms with van der Waals surface area (Å²) in [6.45, 7) is 9.59.